The molecule has 1 N–H and O–H groups in total. The molecule has 0 fully saturated rings. The summed E-state index contributed by atoms with van der Waals surface area (Å²) in [6, 6.07) is 20.8. The molecule has 126 valence electrons. The van der Waals surface area contributed by atoms with Gasteiger partial charge in [0.05, 0.1) is 6.54 Å². The third kappa shape index (κ3) is 4.73. The fourth-order valence-corrected chi connectivity index (χ4v) is 3.66. The molecule has 1 aromatic heterocycles. The molecule has 0 bridgehead atoms. The standard InChI is InChI=1S/C19H17Br2NO.ClH/c1-13(14-5-3-2-4-6-14)22-12-16-8-10-19(23-16)17-9-7-15(20)11-18(17)21;/h2-11,13,22H,12H2,1H3;1H. The van der Waals surface area contributed by atoms with E-state index in [1.54, 1.807) is 0 Å². The van der Waals surface area contributed by atoms with Crippen molar-refractivity contribution in [3.63, 3.8) is 0 Å². The molecule has 0 spiro atoms. The molecule has 0 aliphatic heterocycles. The van der Waals surface area contributed by atoms with Gasteiger partial charge < -0.3 is 9.73 Å². The molecule has 3 aromatic rings. The number of benzene rings is 2. The molecule has 1 unspecified atom stereocenters. The molecule has 0 aliphatic rings. The average Bonchev–Trinajstić information content (AvgIpc) is 3.02. The fourth-order valence-electron chi connectivity index (χ4n) is 2.42. The van der Waals surface area contributed by atoms with Crippen molar-refractivity contribution in [1.82, 2.24) is 5.32 Å². The zero-order valence-corrected chi connectivity index (χ0v) is 17.1. The first kappa shape index (κ1) is 19.3. The third-order valence-electron chi connectivity index (χ3n) is 3.74. The van der Waals surface area contributed by atoms with E-state index >= 15 is 0 Å². The number of nitrogens with one attached hydrogen (secondary N) is 1. The molecule has 0 aliphatic carbocycles. The summed E-state index contributed by atoms with van der Waals surface area (Å²) >= 11 is 7.05. The molecule has 0 saturated carbocycles. The lowest BCUT2D eigenvalue weighted by Gasteiger charge is -2.13. The van der Waals surface area contributed by atoms with Crippen LogP contribution in [0, 0.1) is 0 Å². The largest absolute Gasteiger partial charge is 0.460 e. The molecule has 3 rings (SSSR count). The second-order valence-electron chi connectivity index (χ2n) is 5.40. The van der Waals surface area contributed by atoms with E-state index < -0.39 is 0 Å². The van der Waals surface area contributed by atoms with Crippen LogP contribution < -0.4 is 5.32 Å². The Morgan fingerprint density at radius 1 is 1.00 bits per heavy atom. The zero-order chi connectivity index (χ0) is 16.2. The van der Waals surface area contributed by atoms with Crippen LogP contribution >= 0.6 is 44.3 Å². The summed E-state index contributed by atoms with van der Waals surface area (Å²) in [5.74, 6) is 1.80. The summed E-state index contributed by atoms with van der Waals surface area (Å²) in [6.07, 6.45) is 0. The highest BCUT2D eigenvalue weighted by Gasteiger charge is 2.10. The molecule has 0 saturated heterocycles. The van der Waals surface area contributed by atoms with Gasteiger partial charge in [0.25, 0.3) is 0 Å². The smallest absolute Gasteiger partial charge is 0.135 e. The summed E-state index contributed by atoms with van der Waals surface area (Å²) in [5, 5.41) is 3.49. The van der Waals surface area contributed by atoms with E-state index in [-0.39, 0.29) is 18.4 Å². The Bertz CT molecular complexity index is 789. The number of furan rings is 1. The molecule has 0 amide bonds. The number of rotatable bonds is 5. The van der Waals surface area contributed by atoms with Gasteiger partial charge in [-0.15, -0.1) is 12.4 Å². The van der Waals surface area contributed by atoms with E-state index in [0.717, 1.165) is 26.0 Å². The van der Waals surface area contributed by atoms with Crippen molar-refractivity contribution in [2.24, 2.45) is 0 Å². The van der Waals surface area contributed by atoms with Crippen LogP contribution in [0.2, 0.25) is 0 Å². The van der Waals surface area contributed by atoms with Gasteiger partial charge in [0.1, 0.15) is 11.5 Å². The lowest BCUT2D eigenvalue weighted by atomic mass is 10.1. The maximum absolute atomic E-state index is 5.97. The predicted molar refractivity (Wildman–Crippen MR) is 108 cm³/mol. The Morgan fingerprint density at radius 3 is 2.46 bits per heavy atom. The number of hydrogen-bond donors (Lipinski definition) is 1. The van der Waals surface area contributed by atoms with E-state index in [4.69, 9.17) is 4.42 Å². The summed E-state index contributed by atoms with van der Waals surface area (Å²) in [7, 11) is 0. The maximum atomic E-state index is 5.97. The van der Waals surface area contributed by atoms with Gasteiger partial charge in [-0.3, -0.25) is 0 Å². The second kappa shape index (κ2) is 8.86. The van der Waals surface area contributed by atoms with Crippen molar-refractivity contribution in [3.8, 4) is 11.3 Å². The SMILES string of the molecule is CC(NCc1ccc(-c2ccc(Br)cc2Br)o1)c1ccccc1.Cl. The van der Waals surface area contributed by atoms with E-state index in [2.05, 4.69) is 68.4 Å². The minimum absolute atomic E-state index is 0. The van der Waals surface area contributed by atoms with E-state index in [1.807, 2.05) is 36.4 Å². The van der Waals surface area contributed by atoms with Crippen LogP contribution in [-0.2, 0) is 6.54 Å². The van der Waals surface area contributed by atoms with Crippen molar-refractivity contribution < 1.29 is 4.42 Å². The highest BCUT2D eigenvalue weighted by atomic mass is 79.9. The summed E-state index contributed by atoms with van der Waals surface area (Å²) in [4.78, 5) is 0. The molecular formula is C19H18Br2ClNO. The molecular weight excluding hydrogens is 453 g/mol. The van der Waals surface area contributed by atoms with Gasteiger partial charge in [0.15, 0.2) is 0 Å². The monoisotopic (exact) mass is 469 g/mol. The minimum Gasteiger partial charge on any atom is -0.460 e. The normalized spacial score (nSPS) is 11.8. The van der Waals surface area contributed by atoms with Gasteiger partial charge in [-0.2, -0.15) is 0 Å². The molecule has 2 nitrogen and oxygen atoms in total. The van der Waals surface area contributed by atoms with Crippen LogP contribution in [0.5, 0.6) is 0 Å². The van der Waals surface area contributed by atoms with Crippen molar-refractivity contribution in [2.75, 3.05) is 0 Å². The van der Waals surface area contributed by atoms with Crippen molar-refractivity contribution in [3.05, 3.63) is 80.9 Å². The van der Waals surface area contributed by atoms with Crippen molar-refractivity contribution >= 4 is 44.3 Å². The first-order valence-corrected chi connectivity index (χ1v) is 9.04. The van der Waals surface area contributed by atoms with Crippen LogP contribution in [0.25, 0.3) is 11.3 Å². The second-order valence-corrected chi connectivity index (χ2v) is 7.17. The Balaban J connectivity index is 0.00000208. The van der Waals surface area contributed by atoms with E-state index in [9.17, 15) is 0 Å². The highest BCUT2D eigenvalue weighted by molar-refractivity contribution is 9.11. The Labute approximate surface area is 165 Å². The predicted octanol–water partition coefficient (Wildman–Crippen LogP) is 6.74. The number of halogens is 3. The van der Waals surface area contributed by atoms with E-state index in [0.29, 0.717) is 6.54 Å². The first-order valence-electron chi connectivity index (χ1n) is 7.46. The molecule has 5 heteroatoms. The summed E-state index contributed by atoms with van der Waals surface area (Å²) < 4.78 is 8.02. The van der Waals surface area contributed by atoms with Crippen molar-refractivity contribution in [2.45, 2.75) is 19.5 Å². The van der Waals surface area contributed by atoms with Crippen LogP contribution in [0.1, 0.15) is 24.3 Å². The van der Waals surface area contributed by atoms with Gasteiger partial charge >= 0.3 is 0 Å². The topological polar surface area (TPSA) is 25.2 Å². The molecule has 0 radical (unpaired) electrons. The van der Waals surface area contributed by atoms with Gasteiger partial charge in [0.2, 0.25) is 0 Å². The third-order valence-corrected chi connectivity index (χ3v) is 4.89. The lowest BCUT2D eigenvalue weighted by molar-refractivity contribution is 0.468. The molecule has 24 heavy (non-hydrogen) atoms. The quantitative estimate of drug-likeness (QED) is 0.446. The molecule has 1 heterocycles. The van der Waals surface area contributed by atoms with Crippen LogP contribution in [0.4, 0.5) is 0 Å². The minimum atomic E-state index is 0. The van der Waals surface area contributed by atoms with Gasteiger partial charge in [-0.25, -0.2) is 0 Å². The van der Waals surface area contributed by atoms with Crippen LogP contribution in [0.15, 0.2) is 74.0 Å². The first-order chi connectivity index (χ1) is 11.1. The Hall–Kier alpha value is -1.07. The highest BCUT2D eigenvalue weighted by Crippen LogP contribution is 2.32. The maximum Gasteiger partial charge on any atom is 0.135 e. The fraction of sp³-hybridized carbons (Fsp3) is 0.158. The zero-order valence-electron chi connectivity index (χ0n) is 13.1. The summed E-state index contributed by atoms with van der Waals surface area (Å²) in [5.41, 5.74) is 2.32. The summed E-state index contributed by atoms with van der Waals surface area (Å²) in [6.45, 7) is 2.86. The van der Waals surface area contributed by atoms with Crippen molar-refractivity contribution in [1.29, 1.82) is 0 Å². The lowest BCUT2D eigenvalue weighted by Crippen LogP contribution is -2.17. The molecule has 2 aromatic carbocycles. The van der Waals surface area contributed by atoms with Gasteiger partial charge in [0, 0.05) is 20.6 Å². The van der Waals surface area contributed by atoms with Gasteiger partial charge in [-0.1, -0.05) is 46.3 Å². The average molecular weight is 472 g/mol. The van der Waals surface area contributed by atoms with Gasteiger partial charge in [-0.05, 0) is 58.7 Å². The number of hydrogen-bond acceptors (Lipinski definition) is 2. The Morgan fingerprint density at radius 2 is 1.75 bits per heavy atom. The molecule has 1 atom stereocenters. The van der Waals surface area contributed by atoms with Crippen LogP contribution in [0.3, 0.4) is 0 Å². The van der Waals surface area contributed by atoms with Crippen LogP contribution in [-0.4, -0.2) is 0 Å². The Kier molecular flexibility index (Phi) is 7.11. The van der Waals surface area contributed by atoms with E-state index in [1.165, 1.54) is 5.56 Å².